The van der Waals surface area contributed by atoms with Gasteiger partial charge in [0.1, 0.15) is 17.7 Å². The molecule has 2 unspecified atom stereocenters. The maximum Gasteiger partial charge on any atom is 0.410 e. The zero-order chi connectivity index (χ0) is 26.4. The van der Waals surface area contributed by atoms with Crippen LogP contribution in [-0.4, -0.2) is 75.7 Å². The number of carbonyl (C=O) groups is 5. The first-order valence-electron chi connectivity index (χ1n) is 11.3. The molecular weight excluding hydrogens is 458 g/mol. The molecule has 0 radical (unpaired) electrons. The van der Waals surface area contributed by atoms with Gasteiger partial charge in [0.05, 0.1) is 11.8 Å². The fraction of sp³-hybridized carbons (Fsp3) is 0.542. The van der Waals surface area contributed by atoms with E-state index in [9.17, 15) is 24.0 Å². The molecule has 1 aromatic carbocycles. The lowest BCUT2D eigenvalue weighted by molar-refractivity contribution is -0.147. The summed E-state index contributed by atoms with van der Waals surface area (Å²) in [5.74, 6) is -4.13. The van der Waals surface area contributed by atoms with Crippen LogP contribution >= 0.6 is 0 Å². The lowest BCUT2D eigenvalue weighted by Crippen LogP contribution is -2.57. The average molecular weight is 492 g/mol. The summed E-state index contributed by atoms with van der Waals surface area (Å²) in [6.45, 7) is 7.23. The van der Waals surface area contributed by atoms with E-state index in [4.69, 9.17) is 14.9 Å². The van der Waals surface area contributed by atoms with Crippen LogP contribution in [0.1, 0.15) is 52.5 Å². The standard InChI is InChI=1S/C24H33N3O8/c1-15(19(30)26-17(20(31)32)14-18(28)29)25-21(33)24(16-8-6-5-7-9-16)10-12-27(13-11-24)22(34)35-23(2,3)4/h5-9,15,17H,10-14H2,1-4H3,(H,25,33)(H,26,30)(H,28,29)(H,31,32). The maximum absolute atomic E-state index is 13.5. The molecule has 1 heterocycles. The number of aliphatic carboxylic acids is 2. The maximum atomic E-state index is 13.5. The molecule has 0 aromatic heterocycles. The summed E-state index contributed by atoms with van der Waals surface area (Å²) in [5.41, 5.74) is -0.954. The highest BCUT2D eigenvalue weighted by molar-refractivity contribution is 5.95. The van der Waals surface area contributed by atoms with Crippen molar-refractivity contribution in [3.8, 4) is 0 Å². The topological polar surface area (TPSA) is 162 Å². The monoisotopic (exact) mass is 491 g/mol. The lowest BCUT2D eigenvalue weighted by Gasteiger charge is -2.41. The van der Waals surface area contributed by atoms with E-state index in [1.165, 1.54) is 6.92 Å². The summed E-state index contributed by atoms with van der Waals surface area (Å²) in [7, 11) is 0. The van der Waals surface area contributed by atoms with E-state index in [2.05, 4.69) is 10.6 Å². The van der Waals surface area contributed by atoms with Crippen molar-refractivity contribution in [2.75, 3.05) is 13.1 Å². The number of hydrogen-bond acceptors (Lipinski definition) is 6. The molecule has 35 heavy (non-hydrogen) atoms. The van der Waals surface area contributed by atoms with E-state index < -0.39 is 59.4 Å². The molecule has 0 bridgehead atoms. The summed E-state index contributed by atoms with van der Waals surface area (Å²) in [6.07, 6.45) is -0.693. The number of likely N-dealkylation sites (tertiary alicyclic amines) is 1. The number of nitrogens with one attached hydrogen (secondary N) is 2. The summed E-state index contributed by atoms with van der Waals surface area (Å²) >= 11 is 0. The minimum Gasteiger partial charge on any atom is -0.481 e. The smallest absolute Gasteiger partial charge is 0.410 e. The Morgan fingerprint density at radius 2 is 1.60 bits per heavy atom. The van der Waals surface area contributed by atoms with Crippen molar-refractivity contribution in [1.29, 1.82) is 0 Å². The fourth-order valence-corrected chi connectivity index (χ4v) is 3.87. The molecule has 0 spiro atoms. The van der Waals surface area contributed by atoms with Gasteiger partial charge in [-0.1, -0.05) is 30.3 Å². The van der Waals surface area contributed by atoms with Gasteiger partial charge in [0.15, 0.2) is 0 Å². The Hall–Kier alpha value is -3.63. The third-order valence-electron chi connectivity index (χ3n) is 5.76. The highest BCUT2D eigenvalue weighted by atomic mass is 16.6. The second-order valence-corrected chi connectivity index (χ2v) is 9.61. The van der Waals surface area contributed by atoms with Crippen molar-refractivity contribution in [2.24, 2.45) is 0 Å². The van der Waals surface area contributed by atoms with Crippen molar-refractivity contribution in [3.63, 3.8) is 0 Å². The molecule has 1 fully saturated rings. The molecule has 1 aromatic rings. The predicted octanol–water partition coefficient (Wildman–Crippen LogP) is 1.50. The van der Waals surface area contributed by atoms with Gasteiger partial charge in [-0.2, -0.15) is 0 Å². The molecule has 1 aliphatic heterocycles. The van der Waals surface area contributed by atoms with Crippen LogP contribution in [0.3, 0.4) is 0 Å². The molecule has 2 atom stereocenters. The lowest BCUT2D eigenvalue weighted by atomic mass is 9.72. The highest BCUT2D eigenvalue weighted by Crippen LogP contribution is 2.36. The van der Waals surface area contributed by atoms with E-state index in [0.29, 0.717) is 0 Å². The van der Waals surface area contributed by atoms with E-state index in [-0.39, 0.29) is 25.9 Å². The van der Waals surface area contributed by atoms with Gasteiger partial charge < -0.3 is 30.5 Å². The number of piperidine rings is 1. The van der Waals surface area contributed by atoms with Gasteiger partial charge >= 0.3 is 18.0 Å². The van der Waals surface area contributed by atoms with Crippen LogP contribution in [-0.2, 0) is 29.3 Å². The molecule has 1 saturated heterocycles. The Balaban J connectivity index is 2.17. The SMILES string of the molecule is CC(NC(=O)C1(c2ccccc2)CCN(C(=O)OC(C)(C)C)CC1)C(=O)NC(CC(=O)O)C(=O)O. The number of hydrogen-bond donors (Lipinski definition) is 4. The van der Waals surface area contributed by atoms with Gasteiger partial charge in [0, 0.05) is 13.1 Å². The Labute approximate surface area is 203 Å². The van der Waals surface area contributed by atoms with Gasteiger partial charge in [-0.05, 0) is 46.1 Å². The molecule has 2 rings (SSSR count). The van der Waals surface area contributed by atoms with Crippen LogP contribution in [0, 0.1) is 0 Å². The van der Waals surface area contributed by atoms with Gasteiger partial charge in [0.2, 0.25) is 11.8 Å². The van der Waals surface area contributed by atoms with Crippen molar-refractivity contribution in [2.45, 2.75) is 70.1 Å². The molecule has 11 heteroatoms. The Morgan fingerprint density at radius 3 is 2.09 bits per heavy atom. The Kier molecular flexibility index (Phi) is 8.83. The zero-order valence-corrected chi connectivity index (χ0v) is 20.4. The Morgan fingerprint density at radius 1 is 1.03 bits per heavy atom. The number of rotatable bonds is 8. The number of amides is 3. The average Bonchev–Trinajstić information content (AvgIpc) is 2.77. The number of carbonyl (C=O) groups excluding carboxylic acids is 3. The van der Waals surface area contributed by atoms with Crippen LogP contribution in [0.2, 0.25) is 0 Å². The van der Waals surface area contributed by atoms with Gasteiger partial charge in [-0.25, -0.2) is 9.59 Å². The largest absolute Gasteiger partial charge is 0.481 e. The van der Waals surface area contributed by atoms with Crippen molar-refractivity contribution >= 4 is 29.8 Å². The number of carboxylic acid groups (broad SMARTS) is 2. The van der Waals surface area contributed by atoms with Crippen molar-refractivity contribution in [3.05, 3.63) is 35.9 Å². The summed E-state index contributed by atoms with van der Waals surface area (Å²) in [5, 5.41) is 22.8. The van der Waals surface area contributed by atoms with Crippen molar-refractivity contribution in [1.82, 2.24) is 15.5 Å². The van der Waals surface area contributed by atoms with E-state index in [0.717, 1.165) is 5.56 Å². The highest BCUT2D eigenvalue weighted by Gasteiger charge is 2.45. The molecule has 192 valence electrons. The first kappa shape index (κ1) is 27.6. The molecule has 3 amide bonds. The second kappa shape index (κ2) is 11.2. The van der Waals surface area contributed by atoms with Crippen LogP contribution in [0.4, 0.5) is 4.79 Å². The molecular formula is C24H33N3O8. The minimum atomic E-state index is -1.63. The first-order valence-corrected chi connectivity index (χ1v) is 11.3. The van der Waals surface area contributed by atoms with Crippen LogP contribution in [0.25, 0.3) is 0 Å². The molecule has 1 aliphatic rings. The van der Waals surface area contributed by atoms with E-state index in [1.807, 2.05) is 6.07 Å². The minimum absolute atomic E-state index is 0.261. The summed E-state index contributed by atoms with van der Waals surface area (Å²) < 4.78 is 5.44. The number of ether oxygens (including phenoxy) is 1. The van der Waals surface area contributed by atoms with E-state index >= 15 is 0 Å². The fourth-order valence-electron chi connectivity index (χ4n) is 3.87. The van der Waals surface area contributed by atoms with Crippen LogP contribution in [0.15, 0.2) is 30.3 Å². The number of nitrogens with zero attached hydrogens (tertiary/aromatic N) is 1. The quantitative estimate of drug-likeness (QED) is 0.425. The predicted molar refractivity (Wildman–Crippen MR) is 125 cm³/mol. The molecule has 0 saturated carbocycles. The molecule has 0 aliphatic carbocycles. The van der Waals surface area contributed by atoms with Crippen LogP contribution < -0.4 is 10.6 Å². The first-order chi connectivity index (χ1) is 16.2. The second-order valence-electron chi connectivity index (χ2n) is 9.61. The van der Waals surface area contributed by atoms with Gasteiger partial charge in [-0.15, -0.1) is 0 Å². The van der Waals surface area contributed by atoms with Gasteiger partial charge in [-0.3, -0.25) is 14.4 Å². The Bertz CT molecular complexity index is 949. The van der Waals surface area contributed by atoms with E-state index in [1.54, 1.807) is 49.9 Å². The van der Waals surface area contributed by atoms with Crippen molar-refractivity contribution < 1.29 is 38.9 Å². The number of carboxylic acids is 2. The third kappa shape index (κ3) is 7.43. The third-order valence-corrected chi connectivity index (χ3v) is 5.76. The van der Waals surface area contributed by atoms with Crippen LogP contribution in [0.5, 0.6) is 0 Å². The summed E-state index contributed by atoms with van der Waals surface area (Å²) in [4.78, 5) is 62.2. The summed E-state index contributed by atoms with van der Waals surface area (Å²) in [6, 6.07) is 6.27. The normalized spacial score (nSPS) is 17.0. The van der Waals surface area contributed by atoms with Gasteiger partial charge in [0.25, 0.3) is 0 Å². The molecule has 4 N–H and O–H groups in total. The number of benzene rings is 1. The molecule has 11 nitrogen and oxygen atoms in total. The zero-order valence-electron chi connectivity index (χ0n) is 20.4.